The molecule has 2 aromatic carbocycles. The Bertz CT molecular complexity index is 1350. The van der Waals surface area contributed by atoms with Crippen molar-refractivity contribution in [1.82, 2.24) is 15.0 Å². The number of aryl methyl sites for hydroxylation is 2. The highest BCUT2D eigenvalue weighted by Crippen LogP contribution is 2.24. The second-order valence-corrected chi connectivity index (χ2v) is 9.24. The first kappa shape index (κ1) is 24.2. The van der Waals surface area contributed by atoms with E-state index in [4.69, 9.17) is 4.74 Å². The van der Waals surface area contributed by atoms with Gasteiger partial charge in [-0.2, -0.15) is 0 Å². The van der Waals surface area contributed by atoms with Gasteiger partial charge in [-0.05, 0) is 82.0 Å². The van der Waals surface area contributed by atoms with E-state index in [1.807, 2.05) is 61.5 Å². The largest absolute Gasteiger partial charge is 0.474 e. The summed E-state index contributed by atoms with van der Waals surface area (Å²) in [7, 11) is 0. The van der Waals surface area contributed by atoms with E-state index < -0.39 is 0 Å². The van der Waals surface area contributed by atoms with E-state index in [1.54, 1.807) is 18.3 Å². The SMILES string of the molecule is Cc1ccc(Nc2cc(Nc3ccc(NC(=O)c4ccc(OC5CCCC5)nc4)cc3)nc(C)n2)cc1. The number of anilines is 5. The van der Waals surface area contributed by atoms with Gasteiger partial charge in [-0.25, -0.2) is 15.0 Å². The molecule has 188 valence electrons. The molecule has 2 heterocycles. The minimum absolute atomic E-state index is 0.223. The van der Waals surface area contributed by atoms with Gasteiger partial charge in [0.15, 0.2) is 0 Å². The molecule has 0 atom stereocenters. The molecule has 0 spiro atoms. The summed E-state index contributed by atoms with van der Waals surface area (Å²) in [4.78, 5) is 25.9. The van der Waals surface area contributed by atoms with E-state index >= 15 is 0 Å². The lowest BCUT2D eigenvalue weighted by atomic mass is 10.2. The molecule has 8 heteroatoms. The van der Waals surface area contributed by atoms with Crippen molar-refractivity contribution >= 4 is 34.6 Å². The third-order valence-electron chi connectivity index (χ3n) is 6.17. The van der Waals surface area contributed by atoms with Crippen LogP contribution < -0.4 is 20.7 Å². The number of nitrogens with one attached hydrogen (secondary N) is 3. The Kier molecular flexibility index (Phi) is 7.26. The Morgan fingerprint density at radius 3 is 2.00 bits per heavy atom. The zero-order valence-electron chi connectivity index (χ0n) is 21.0. The number of ether oxygens (including phenoxy) is 1. The average molecular weight is 495 g/mol. The number of aromatic nitrogens is 3. The average Bonchev–Trinajstić information content (AvgIpc) is 3.40. The molecule has 1 fully saturated rings. The van der Waals surface area contributed by atoms with Crippen LogP contribution in [0.15, 0.2) is 72.9 Å². The Labute approximate surface area is 216 Å². The Morgan fingerprint density at radius 1 is 0.811 bits per heavy atom. The number of carbonyl (C=O) groups excluding carboxylic acids is 1. The summed E-state index contributed by atoms with van der Waals surface area (Å²) in [6, 6.07) is 20.9. The van der Waals surface area contributed by atoms with E-state index in [2.05, 4.69) is 37.8 Å². The Hall–Kier alpha value is -4.46. The lowest BCUT2D eigenvalue weighted by Gasteiger charge is -2.12. The van der Waals surface area contributed by atoms with Crippen molar-refractivity contribution in [3.63, 3.8) is 0 Å². The first-order valence-electron chi connectivity index (χ1n) is 12.5. The molecular weight excluding hydrogens is 464 g/mol. The first-order chi connectivity index (χ1) is 18.0. The van der Waals surface area contributed by atoms with Crippen molar-refractivity contribution in [2.24, 2.45) is 0 Å². The summed E-state index contributed by atoms with van der Waals surface area (Å²) in [5.41, 5.74) is 4.16. The zero-order valence-corrected chi connectivity index (χ0v) is 21.0. The molecule has 3 N–H and O–H groups in total. The van der Waals surface area contributed by atoms with Gasteiger partial charge in [0.2, 0.25) is 5.88 Å². The first-order valence-corrected chi connectivity index (χ1v) is 12.5. The van der Waals surface area contributed by atoms with Crippen LogP contribution in [0.5, 0.6) is 5.88 Å². The van der Waals surface area contributed by atoms with E-state index in [9.17, 15) is 4.79 Å². The maximum atomic E-state index is 12.7. The van der Waals surface area contributed by atoms with E-state index in [0.717, 1.165) is 24.2 Å². The van der Waals surface area contributed by atoms with Crippen molar-refractivity contribution in [3.05, 3.63) is 89.9 Å². The molecule has 1 aliphatic carbocycles. The fourth-order valence-corrected chi connectivity index (χ4v) is 4.23. The second-order valence-electron chi connectivity index (χ2n) is 9.24. The number of hydrogen-bond acceptors (Lipinski definition) is 7. The fourth-order valence-electron chi connectivity index (χ4n) is 4.23. The summed E-state index contributed by atoms with van der Waals surface area (Å²) in [6.45, 7) is 3.91. The van der Waals surface area contributed by atoms with Gasteiger partial charge in [0.05, 0.1) is 5.56 Å². The number of pyridine rings is 1. The number of hydrogen-bond donors (Lipinski definition) is 3. The highest BCUT2D eigenvalue weighted by Gasteiger charge is 2.17. The van der Waals surface area contributed by atoms with Gasteiger partial charge in [0.1, 0.15) is 23.6 Å². The van der Waals surface area contributed by atoms with Gasteiger partial charge in [0.25, 0.3) is 5.91 Å². The zero-order chi connectivity index (χ0) is 25.6. The van der Waals surface area contributed by atoms with Gasteiger partial charge in [-0.15, -0.1) is 0 Å². The van der Waals surface area contributed by atoms with Crippen molar-refractivity contribution in [3.8, 4) is 5.88 Å². The minimum atomic E-state index is -0.223. The van der Waals surface area contributed by atoms with Crippen LogP contribution in [0, 0.1) is 13.8 Å². The van der Waals surface area contributed by atoms with Crippen LogP contribution in [-0.2, 0) is 0 Å². The molecular formula is C29H30N6O2. The molecule has 37 heavy (non-hydrogen) atoms. The van der Waals surface area contributed by atoms with Crippen LogP contribution in [-0.4, -0.2) is 27.0 Å². The summed E-state index contributed by atoms with van der Waals surface area (Å²) in [5, 5.41) is 9.52. The molecule has 5 rings (SSSR count). The summed E-state index contributed by atoms with van der Waals surface area (Å²) < 4.78 is 5.88. The van der Waals surface area contributed by atoms with Gasteiger partial charge in [-0.1, -0.05) is 17.7 Å². The molecule has 1 saturated carbocycles. The van der Waals surface area contributed by atoms with Crippen LogP contribution in [0.2, 0.25) is 0 Å². The molecule has 0 radical (unpaired) electrons. The third kappa shape index (κ3) is 6.61. The van der Waals surface area contributed by atoms with Crippen molar-refractivity contribution in [2.45, 2.75) is 45.6 Å². The number of benzene rings is 2. The van der Waals surface area contributed by atoms with E-state index in [1.165, 1.54) is 18.4 Å². The van der Waals surface area contributed by atoms with E-state index in [0.29, 0.717) is 34.6 Å². The number of amides is 1. The molecule has 4 aromatic rings. The summed E-state index contributed by atoms with van der Waals surface area (Å²) in [5.74, 6) is 2.37. The Balaban J connectivity index is 1.18. The lowest BCUT2D eigenvalue weighted by Crippen LogP contribution is -2.14. The van der Waals surface area contributed by atoms with Crippen LogP contribution in [0.1, 0.15) is 47.4 Å². The Morgan fingerprint density at radius 2 is 1.41 bits per heavy atom. The predicted octanol–water partition coefficient (Wildman–Crippen LogP) is 6.55. The number of carbonyl (C=O) groups is 1. The molecule has 8 nitrogen and oxygen atoms in total. The van der Waals surface area contributed by atoms with E-state index in [-0.39, 0.29) is 12.0 Å². The topological polar surface area (TPSA) is 101 Å². The highest BCUT2D eigenvalue weighted by atomic mass is 16.5. The maximum Gasteiger partial charge on any atom is 0.257 e. The monoisotopic (exact) mass is 494 g/mol. The van der Waals surface area contributed by atoms with Gasteiger partial charge >= 0.3 is 0 Å². The maximum absolute atomic E-state index is 12.7. The summed E-state index contributed by atoms with van der Waals surface area (Å²) in [6.07, 6.45) is 6.32. The van der Waals surface area contributed by atoms with Crippen LogP contribution in [0.25, 0.3) is 0 Å². The van der Waals surface area contributed by atoms with Crippen molar-refractivity contribution in [1.29, 1.82) is 0 Å². The van der Waals surface area contributed by atoms with Crippen molar-refractivity contribution < 1.29 is 9.53 Å². The second kappa shape index (κ2) is 11.1. The smallest absolute Gasteiger partial charge is 0.257 e. The number of nitrogens with zero attached hydrogens (tertiary/aromatic N) is 3. The molecule has 0 bridgehead atoms. The number of rotatable bonds is 8. The highest BCUT2D eigenvalue weighted by molar-refractivity contribution is 6.04. The lowest BCUT2D eigenvalue weighted by molar-refractivity contribution is 0.102. The van der Waals surface area contributed by atoms with Gasteiger partial charge in [-0.3, -0.25) is 4.79 Å². The molecule has 1 amide bonds. The van der Waals surface area contributed by atoms with Crippen molar-refractivity contribution in [2.75, 3.05) is 16.0 Å². The summed E-state index contributed by atoms with van der Waals surface area (Å²) >= 11 is 0. The molecule has 1 aliphatic rings. The molecule has 2 aromatic heterocycles. The standard InChI is InChI=1S/C29H30N6O2/c1-19-7-10-22(11-8-19)33-26-17-27(32-20(2)31-26)34-23-12-14-24(15-13-23)35-29(36)21-9-16-28(30-18-21)37-25-5-3-4-6-25/h7-18,25H,3-6H2,1-2H3,(H,35,36)(H2,31,32,33,34). The minimum Gasteiger partial charge on any atom is -0.474 e. The third-order valence-corrected chi connectivity index (χ3v) is 6.17. The molecule has 0 unspecified atom stereocenters. The van der Waals surface area contributed by atoms with Crippen LogP contribution >= 0.6 is 0 Å². The normalized spacial score (nSPS) is 13.2. The molecule has 0 aliphatic heterocycles. The van der Waals surface area contributed by atoms with Gasteiger partial charge < -0.3 is 20.7 Å². The van der Waals surface area contributed by atoms with Crippen LogP contribution in [0.4, 0.5) is 28.7 Å². The fraction of sp³-hybridized carbons (Fsp3) is 0.241. The molecule has 0 saturated heterocycles. The van der Waals surface area contributed by atoms with Gasteiger partial charge in [0, 0.05) is 35.4 Å². The quantitative estimate of drug-likeness (QED) is 0.255. The van der Waals surface area contributed by atoms with Crippen LogP contribution in [0.3, 0.4) is 0 Å². The predicted molar refractivity (Wildman–Crippen MR) is 146 cm³/mol.